The Morgan fingerprint density at radius 1 is 1.13 bits per heavy atom. The minimum Gasteiger partial charge on any atom is -0.495 e. The molecule has 3 fully saturated rings. The van der Waals surface area contributed by atoms with Crippen LogP contribution in [0.4, 0.5) is 23.1 Å². The number of carbonyl (C=O) groups excluding carboxylic acids is 2. The van der Waals surface area contributed by atoms with Gasteiger partial charge in [-0.25, -0.2) is 4.98 Å². The lowest BCUT2D eigenvalue weighted by atomic mass is 10.0. The topological polar surface area (TPSA) is 103 Å². The van der Waals surface area contributed by atoms with Gasteiger partial charge in [0.15, 0.2) is 5.82 Å². The molecule has 1 aromatic heterocycles. The van der Waals surface area contributed by atoms with Gasteiger partial charge >= 0.3 is 0 Å². The van der Waals surface area contributed by atoms with Crippen LogP contribution in [0.1, 0.15) is 61.7 Å². The first-order valence-electron chi connectivity index (χ1n) is 14.2. The van der Waals surface area contributed by atoms with Crippen LogP contribution < -0.4 is 25.2 Å². The van der Waals surface area contributed by atoms with Crippen molar-refractivity contribution < 1.29 is 14.3 Å². The van der Waals surface area contributed by atoms with E-state index in [2.05, 4.69) is 32.5 Å². The van der Waals surface area contributed by atoms with Crippen molar-refractivity contribution in [3.63, 3.8) is 0 Å². The molecule has 39 heavy (non-hydrogen) atoms. The number of aromatic nitrogens is 2. The summed E-state index contributed by atoms with van der Waals surface area (Å²) in [5, 5.41) is 6.46. The van der Waals surface area contributed by atoms with Gasteiger partial charge in [-0.3, -0.25) is 9.59 Å². The van der Waals surface area contributed by atoms with Crippen LogP contribution in [-0.2, 0) is 4.79 Å². The normalized spacial score (nSPS) is 22.9. The molecule has 4 aliphatic rings. The van der Waals surface area contributed by atoms with E-state index in [0.717, 1.165) is 63.1 Å². The molecular weight excluding hydrogens is 494 g/mol. The van der Waals surface area contributed by atoms with E-state index < -0.39 is 0 Å². The number of likely N-dealkylation sites (tertiary alicyclic amines) is 1. The molecule has 2 aliphatic carbocycles. The van der Waals surface area contributed by atoms with E-state index in [0.29, 0.717) is 35.5 Å². The lowest BCUT2D eigenvalue weighted by Crippen LogP contribution is -2.46. The average Bonchev–Trinajstić information content (AvgIpc) is 3.54. The molecule has 2 aromatic rings. The van der Waals surface area contributed by atoms with E-state index in [1.807, 2.05) is 13.1 Å². The number of anilines is 4. The quantitative estimate of drug-likeness (QED) is 0.581. The van der Waals surface area contributed by atoms with Crippen LogP contribution >= 0.6 is 0 Å². The molecule has 2 saturated carbocycles. The number of carbonyl (C=O) groups is 2. The Bertz CT molecular complexity index is 1260. The first-order valence-corrected chi connectivity index (χ1v) is 14.2. The van der Waals surface area contributed by atoms with Gasteiger partial charge in [-0.05, 0) is 70.3 Å². The molecule has 208 valence electrons. The number of hydrogen-bond donors (Lipinski definition) is 2. The van der Waals surface area contributed by atoms with E-state index in [9.17, 15) is 9.59 Å². The zero-order chi connectivity index (χ0) is 27.1. The molecule has 2 amide bonds. The Morgan fingerprint density at radius 2 is 1.92 bits per heavy atom. The summed E-state index contributed by atoms with van der Waals surface area (Å²) in [5.74, 6) is 1.86. The largest absolute Gasteiger partial charge is 0.495 e. The Kier molecular flexibility index (Phi) is 6.82. The molecule has 2 N–H and O–H groups in total. The van der Waals surface area contributed by atoms with Crippen molar-refractivity contribution >= 4 is 35.0 Å². The van der Waals surface area contributed by atoms with Gasteiger partial charge in [-0.15, -0.1) is 0 Å². The van der Waals surface area contributed by atoms with Crippen molar-refractivity contribution in [2.24, 2.45) is 5.41 Å². The maximum atomic E-state index is 13.3. The Hall–Kier alpha value is -3.40. The molecule has 10 nitrogen and oxygen atoms in total. The molecule has 10 heteroatoms. The van der Waals surface area contributed by atoms with E-state index in [1.165, 1.54) is 12.8 Å². The highest BCUT2D eigenvalue weighted by Crippen LogP contribution is 2.52. The number of benzene rings is 1. The van der Waals surface area contributed by atoms with Gasteiger partial charge in [0.1, 0.15) is 11.4 Å². The third-order valence-electron chi connectivity index (χ3n) is 8.90. The van der Waals surface area contributed by atoms with Crippen LogP contribution in [0.15, 0.2) is 24.4 Å². The van der Waals surface area contributed by atoms with Crippen LogP contribution in [0.25, 0.3) is 0 Å². The molecule has 1 aromatic carbocycles. The number of likely N-dealkylation sites (N-methyl/N-ethyl adjacent to an activating group) is 1. The SMILES string of the molecule is COc1cc(C(=O)N[C@H]2CCCN(C)C2)ccc1Nc1ncc2c(n1)N(C1CCCC1)CC1(CC1)C(=O)N2C. The molecule has 1 spiro atoms. The molecule has 6 rings (SSSR count). The van der Waals surface area contributed by atoms with Crippen LogP contribution in [-0.4, -0.2) is 79.6 Å². The van der Waals surface area contributed by atoms with Crippen molar-refractivity contribution in [2.45, 2.75) is 63.5 Å². The molecule has 0 unspecified atom stereocenters. The molecule has 0 radical (unpaired) electrons. The highest BCUT2D eigenvalue weighted by molar-refractivity contribution is 6.03. The van der Waals surface area contributed by atoms with Crippen molar-refractivity contribution in [1.82, 2.24) is 20.2 Å². The highest BCUT2D eigenvalue weighted by atomic mass is 16.5. The Morgan fingerprint density at radius 3 is 2.64 bits per heavy atom. The number of methoxy groups -OCH3 is 1. The van der Waals surface area contributed by atoms with Gasteiger partial charge in [0, 0.05) is 37.8 Å². The molecule has 3 heterocycles. The van der Waals surface area contributed by atoms with E-state index in [-0.39, 0.29) is 23.3 Å². The van der Waals surface area contributed by atoms with Crippen molar-refractivity contribution in [1.29, 1.82) is 0 Å². The minimum absolute atomic E-state index is 0.102. The molecule has 0 bridgehead atoms. The van der Waals surface area contributed by atoms with E-state index >= 15 is 0 Å². The number of rotatable bonds is 6. The summed E-state index contributed by atoms with van der Waals surface area (Å²) in [5.41, 5.74) is 1.69. The van der Waals surface area contributed by atoms with E-state index in [1.54, 1.807) is 30.3 Å². The highest BCUT2D eigenvalue weighted by Gasteiger charge is 2.55. The lowest BCUT2D eigenvalue weighted by molar-refractivity contribution is -0.122. The molecule has 1 atom stereocenters. The summed E-state index contributed by atoms with van der Waals surface area (Å²) in [4.78, 5) is 42.2. The van der Waals surface area contributed by atoms with Crippen molar-refractivity contribution in [2.75, 3.05) is 56.0 Å². The van der Waals surface area contributed by atoms with Gasteiger partial charge in [-0.1, -0.05) is 12.8 Å². The second kappa shape index (κ2) is 10.3. The Balaban J connectivity index is 1.25. The lowest BCUT2D eigenvalue weighted by Gasteiger charge is -2.31. The number of amides is 2. The molecule has 2 aliphatic heterocycles. The summed E-state index contributed by atoms with van der Waals surface area (Å²) >= 11 is 0. The van der Waals surface area contributed by atoms with Gasteiger partial charge in [-0.2, -0.15) is 4.98 Å². The second-order valence-electron chi connectivity index (χ2n) is 11.7. The number of nitrogens with zero attached hydrogens (tertiary/aromatic N) is 5. The van der Waals surface area contributed by atoms with Crippen LogP contribution in [0.5, 0.6) is 5.75 Å². The first-order chi connectivity index (χ1) is 18.9. The van der Waals surface area contributed by atoms with Crippen LogP contribution in [0.2, 0.25) is 0 Å². The number of fused-ring (bicyclic) bond motifs is 1. The minimum atomic E-state index is -0.293. The summed E-state index contributed by atoms with van der Waals surface area (Å²) in [6, 6.07) is 5.92. The fraction of sp³-hybridized carbons (Fsp3) is 0.586. The van der Waals surface area contributed by atoms with Gasteiger partial charge in [0.2, 0.25) is 11.9 Å². The van der Waals surface area contributed by atoms with E-state index in [4.69, 9.17) is 9.72 Å². The number of hydrogen-bond acceptors (Lipinski definition) is 8. The summed E-state index contributed by atoms with van der Waals surface area (Å²) in [7, 11) is 5.51. The predicted molar refractivity (Wildman–Crippen MR) is 151 cm³/mol. The van der Waals surface area contributed by atoms with Crippen molar-refractivity contribution in [3.05, 3.63) is 30.0 Å². The maximum absolute atomic E-state index is 13.3. The summed E-state index contributed by atoms with van der Waals surface area (Å²) in [6.07, 6.45) is 10.3. The van der Waals surface area contributed by atoms with Gasteiger partial charge in [0.05, 0.1) is 24.4 Å². The predicted octanol–water partition coefficient (Wildman–Crippen LogP) is 3.56. The third-order valence-corrected chi connectivity index (χ3v) is 8.90. The fourth-order valence-corrected chi connectivity index (χ4v) is 6.46. The smallest absolute Gasteiger partial charge is 0.251 e. The molecular formula is C29H39N7O3. The van der Waals surface area contributed by atoms with Crippen LogP contribution in [0.3, 0.4) is 0 Å². The number of piperidine rings is 1. The monoisotopic (exact) mass is 533 g/mol. The standard InChI is InChI=1S/C29H39N7O3/c1-34-14-6-7-20(17-34)31-26(37)19-10-11-22(24(15-19)39-3)32-28-30-16-23-25(33-28)36(21-8-4-5-9-21)18-29(12-13-29)27(38)35(23)2/h10-11,15-16,20-21H,4-9,12-14,17-18H2,1-3H3,(H,31,37)(H,30,32,33)/t20-/m0/s1. The van der Waals surface area contributed by atoms with Crippen molar-refractivity contribution in [3.8, 4) is 5.75 Å². The number of nitrogens with one attached hydrogen (secondary N) is 2. The van der Waals surface area contributed by atoms with Gasteiger partial charge in [0.25, 0.3) is 5.91 Å². The first kappa shape index (κ1) is 25.9. The number of ether oxygens (including phenoxy) is 1. The average molecular weight is 534 g/mol. The maximum Gasteiger partial charge on any atom is 0.251 e. The van der Waals surface area contributed by atoms with Crippen LogP contribution in [0, 0.1) is 5.41 Å². The van der Waals surface area contributed by atoms with Gasteiger partial charge < -0.3 is 30.1 Å². The summed E-state index contributed by atoms with van der Waals surface area (Å²) in [6.45, 7) is 2.64. The fourth-order valence-electron chi connectivity index (χ4n) is 6.46. The summed E-state index contributed by atoms with van der Waals surface area (Å²) < 4.78 is 5.65. The zero-order valence-corrected chi connectivity index (χ0v) is 23.2. The zero-order valence-electron chi connectivity index (χ0n) is 23.2. The molecule has 1 saturated heterocycles. The third kappa shape index (κ3) is 5.02. The second-order valence-corrected chi connectivity index (χ2v) is 11.7. The Labute approximate surface area is 230 Å².